The van der Waals surface area contributed by atoms with Crippen molar-refractivity contribution >= 4 is 11.9 Å². The molecule has 0 aliphatic heterocycles. The Balaban J connectivity index is 2.78. The normalized spacial score (nSPS) is 19.4. The number of hydrogen-bond acceptors (Lipinski definition) is 3. The average molecular weight is 284 g/mol. The molecule has 5 heteroatoms. The number of carboxylic acid groups (broad SMARTS) is 1. The Morgan fingerprint density at radius 3 is 2.40 bits per heavy atom. The van der Waals surface area contributed by atoms with Crippen molar-refractivity contribution in [2.24, 2.45) is 11.7 Å². The maximum Gasteiger partial charge on any atom is 0.305 e. The summed E-state index contributed by atoms with van der Waals surface area (Å²) >= 11 is 0. The number of aliphatic carboxylic acids is 1. The van der Waals surface area contributed by atoms with Crippen molar-refractivity contribution in [2.75, 3.05) is 13.6 Å². The van der Waals surface area contributed by atoms with Crippen LogP contribution in [0.5, 0.6) is 0 Å². The van der Waals surface area contributed by atoms with E-state index < -0.39 is 11.5 Å². The standard InChI is InChI=1S/C15H28N2O3/c1-12(7-6-10-16)14(20)17(2)15(11-13(18)19)8-4-3-5-9-15/h12H,3-11,16H2,1-2H3,(H,18,19). The number of carbonyl (C=O) groups excluding carboxylic acids is 1. The van der Waals surface area contributed by atoms with Crippen LogP contribution in [0.4, 0.5) is 0 Å². The number of rotatable bonds is 7. The number of nitrogens with two attached hydrogens (primary N) is 1. The van der Waals surface area contributed by atoms with Gasteiger partial charge in [0.05, 0.1) is 12.0 Å². The zero-order valence-electron chi connectivity index (χ0n) is 12.7. The molecule has 1 saturated carbocycles. The second-order valence-corrected chi connectivity index (χ2v) is 6.08. The highest BCUT2D eigenvalue weighted by Gasteiger charge is 2.41. The Labute approximate surface area is 121 Å². The van der Waals surface area contributed by atoms with Crippen molar-refractivity contribution in [1.82, 2.24) is 4.90 Å². The lowest BCUT2D eigenvalue weighted by Crippen LogP contribution is -2.53. The van der Waals surface area contributed by atoms with Crippen molar-refractivity contribution < 1.29 is 14.7 Å². The van der Waals surface area contributed by atoms with Gasteiger partial charge in [-0.3, -0.25) is 9.59 Å². The summed E-state index contributed by atoms with van der Waals surface area (Å²) in [5, 5.41) is 9.19. The minimum atomic E-state index is -0.818. The fourth-order valence-electron chi connectivity index (χ4n) is 3.23. The van der Waals surface area contributed by atoms with E-state index in [0.29, 0.717) is 6.54 Å². The first-order chi connectivity index (χ1) is 9.43. The number of amides is 1. The lowest BCUT2D eigenvalue weighted by molar-refractivity contribution is -0.148. The van der Waals surface area contributed by atoms with Crippen molar-refractivity contribution in [1.29, 1.82) is 0 Å². The number of carboxylic acids is 1. The van der Waals surface area contributed by atoms with Gasteiger partial charge in [0.2, 0.25) is 5.91 Å². The number of hydrogen-bond donors (Lipinski definition) is 2. The maximum atomic E-state index is 12.5. The Bertz CT molecular complexity index is 338. The summed E-state index contributed by atoms with van der Waals surface area (Å²) in [6, 6.07) is 0. The predicted molar refractivity (Wildman–Crippen MR) is 78.3 cm³/mol. The van der Waals surface area contributed by atoms with Gasteiger partial charge in [-0.25, -0.2) is 0 Å². The van der Waals surface area contributed by atoms with Gasteiger partial charge in [0.1, 0.15) is 0 Å². The molecule has 1 atom stereocenters. The second kappa shape index (κ2) is 7.62. The van der Waals surface area contributed by atoms with Crippen LogP contribution in [0.15, 0.2) is 0 Å². The molecular formula is C15H28N2O3. The van der Waals surface area contributed by atoms with E-state index >= 15 is 0 Å². The fraction of sp³-hybridized carbons (Fsp3) is 0.867. The summed E-state index contributed by atoms with van der Waals surface area (Å²) in [4.78, 5) is 25.4. The molecule has 0 aromatic carbocycles. The summed E-state index contributed by atoms with van der Waals surface area (Å²) in [7, 11) is 1.77. The van der Waals surface area contributed by atoms with Gasteiger partial charge in [0.15, 0.2) is 0 Å². The Hall–Kier alpha value is -1.10. The zero-order chi connectivity index (χ0) is 15.2. The summed E-state index contributed by atoms with van der Waals surface area (Å²) < 4.78 is 0. The molecule has 0 bridgehead atoms. The molecule has 3 N–H and O–H groups in total. The first-order valence-electron chi connectivity index (χ1n) is 7.62. The highest BCUT2D eigenvalue weighted by molar-refractivity contribution is 5.80. The summed E-state index contributed by atoms with van der Waals surface area (Å²) in [6.45, 7) is 2.49. The molecule has 0 saturated heterocycles. The Kier molecular flexibility index (Phi) is 6.46. The molecule has 116 valence electrons. The molecular weight excluding hydrogens is 256 g/mol. The molecule has 5 nitrogen and oxygen atoms in total. The molecule has 1 amide bonds. The largest absolute Gasteiger partial charge is 0.481 e. The highest BCUT2D eigenvalue weighted by atomic mass is 16.4. The molecule has 1 fully saturated rings. The van der Waals surface area contributed by atoms with E-state index in [4.69, 9.17) is 5.73 Å². The van der Waals surface area contributed by atoms with Gasteiger partial charge in [-0.15, -0.1) is 0 Å². The molecule has 0 heterocycles. The van der Waals surface area contributed by atoms with Gasteiger partial charge in [0, 0.05) is 13.0 Å². The van der Waals surface area contributed by atoms with Gasteiger partial charge in [-0.05, 0) is 32.2 Å². The van der Waals surface area contributed by atoms with Gasteiger partial charge < -0.3 is 15.7 Å². The van der Waals surface area contributed by atoms with E-state index in [0.717, 1.165) is 44.9 Å². The topological polar surface area (TPSA) is 83.6 Å². The van der Waals surface area contributed by atoms with E-state index in [2.05, 4.69) is 0 Å². The molecule has 0 radical (unpaired) electrons. The molecule has 0 aromatic heterocycles. The molecule has 1 unspecified atom stereocenters. The highest BCUT2D eigenvalue weighted by Crippen LogP contribution is 2.36. The SMILES string of the molecule is CC(CCCN)C(=O)N(C)C1(CC(=O)O)CCCCC1. The Morgan fingerprint density at radius 1 is 1.30 bits per heavy atom. The van der Waals surface area contributed by atoms with Crippen LogP contribution in [0.1, 0.15) is 58.3 Å². The molecule has 0 spiro atoms. The maximum absolute atomic E-state index is 12.5. The van der Waals surface area contributed by atoms with Crippen molar-refractivity contribution in [3.8, 4) is 0 Å². The zero-order valence-corrected chi connectivity index (χ0v) is 12.7. The summed E-state index contributed by atoms with van der Waals surface area (Å²) in [5.41, 5.74) is 5.00. The van der Waals surface area contributed by atoms with Crippen molar-refractivity contribution in [3.63, 3.8) is 0 Å². The van der Waals surface area contributed by atoms with Crippen LogP contribution in [0.3, 0.4) is 0 Å². The minimum absolute atomic E-state index is 0.0544. The molecule has 0 aromatic rings. The van der Waals surface area contributed by atoms with Crippen LogP contribution in [-0.2, 0) is 9.59 Å². The van der Waals surface area contributed by atoms with Crippen LogP contribution in [-0.4, -0.2) is 41.0 Å². The van der Waals surface area contributed by atoms with E-state index in [-0.39, 0.29) is 18.2 Å². The van der Waals surface area contributed by atoms with Crippen LogP contribution in [0.25, 0.3) is 0 Å². The third-order valence-electron chi connectivity index (χ3n) is 4.57. The van der Waals surface area contributed by atoms with E-state index in [1.165, 1.54) is 0 Å². The molecule has 1 rings (SSSR count). The van der Waals surface area contributed by atoms with Crippen LogP contribution < -0.4 is 5.73 Å². The first-order valence-corrected chi connectivity index (χ1v) is 7.62. The minimum Gasteiger partial charge on any atom is -0.481 e. The average Bonchev–Trinajstić information content (AvgIpc) is 2.43. The summed E-state index contributed by atoms with van der Waals surface area (Å²) in [6.07, 6.45) is 6.38. The van der Waals surface area contributed by atoms with Crippen LogP contribution >= 0.6 is 0 Å². The van der Waals surface area contributed by atoms with E-state index in [1.807, 2.05) is 6.92 Å². The monoisotopic (exact) mass is 284 g/mol. The third kappa shape index (κ3) is 4.20. The second-order valence-electron chi connectivity index (χ2n) is 6.08. The smallest absolute Gasteiger partial charge is 0.305 e. The molecule has 20 heavy (non-hydrogen) atoms. The van der Waals surface area contributed by atoms with Crippen molar-refractivity contribution in [3.05, 3.63) is 0 Å². The van der Waals surface area contributed by atoms with Crippen LogP contribution in [0.2, 0.25) is 0 Å². The third-order valence-corrected chi connectivity index (χ3v) is 4.57. The lowest BCUT2D eigenvalue weighted by atomic mass is 9.77. The number of carbonyl (C=O) groups is 2. The van der Waals surface area contributed by atoms with Crippen molar-refractivity contribution in [2.45, 2.75) is 63.8 Å². The van der Waals surface area contributed by atoms with E-state index in [1.54, 1.807) is 11.9 Å². The van der Waals surface area contributed by atoms with Gasteiger partial charge in [0.25, 0.3) is 0 Å². The summed E-state index contributed by atoms with van der Waals surface area (Å²) in [5.74, 6) is -0.848. The van der Waals surface area contributed by atoms with Gasteiger partial charge in [-0.1, -0.05) is 26.2 Å². The lowest BCUT2D eigenvalue weighted by Gasteiger charge is -2.44. The quantitative estimate of drug-likeness (QED) is 0.749. The first kappa shape index (κ1) is 17.0. The van der Waals surface area contributed by atoms with Gasteiger partial charge in [-0.2, -0.15) is 0 Å². The van der Waals surface area contributed by atoms with Crippen LogP contribution in [0, 0.1) is 5.92 Å². The number of nitrogens with zero attached hydrogens (tertiary/aromatic N) is 1. The molecule has 1 aliphatic rings. The molecule has 1 aliphatic carbocycles. The van der Waals surface area contributed by atoms with Gasteiger partial charge >= 0.3 is 5.97 Å². The van der Waals surface area contributed by atoms with E-state index in [9.17, 15) is 14.7 Å². The Morgan fingerprint density at radius 2 is 1.90 bits per heavy atom. The predicted octanol–water partition coefficient (Wildman–Crippen LogP) is 2.00. The fourth-order valence-corrected chi connectivity index (χ4v) is 3.23.